The van der Waals surface area contributed by atoms with Gasteiger partial charge in [-0.15, -0.1) is 0 Å². The van der Waals surface area contributed by atoms with Gasteiger partial charge in [-0.2, -0.15) is 0 Å². The van der Waals surface area contributed by atoms with E-state index in [4.69, 9.17) is 4.74 Å². The molecule has 0 heterocycles. The number of benzene rings is 1. The highest BCUT2D eigenvalue weighted by Gasteiger charge is 2.20. The first-order valence-corrected chi connectivity index (χ1v) is 6.99. The fourth-order valence-electron chi connectivity index (χ4n) is 1.73. The fourth-order valence-corrected chi connectivity index (χ4v) is 1.73. The normalized spacial score (nSPS) is 14.5. The molecule has 0 saturated carbocycles. The standard InChI is InChI=1S/C16H25NO3/c1-6-14(18)12-7-9-13(10-8-12)20-11(2)15(19)17-16(3,4)5/h7-11,14,18H,6H2,1-5H3,(H,17,19)/t11?,14-/m1/s1. The molecule has 0 radical (unpaired) electrons. The van der Waals surface area contributed by atoms with Crippen LogP contribution in [0.1, 0.15) is 52.7 Å². The Morgan fingerprint density at radius 2 is 1.85 bits per heavy atom. The van der Waals surface area contributed by atoms with Crippen molar-refractivity contribution in [3.05, 3.63) is 29.8 Å². The van der Waals surface area contributed by atoms with Crippen molar-refractivity contribution in [1.82, 2.24) is 5.32 Å². The highest BCUT2D eigenvalue weighted by molar-refractivity contribution is 5.81. The molecule has 20 heavy (non-hydrogen) atoms. The maximum absolute atomic E-state index is 11.9. The maximum atomic E-state index is 11.9. The van der Waals surface area contributed by atoms with Crippen molar-refractivity contribution in [3.63, 3.8) is 0 Å². The predicted octanol–water partition coefficient (Wildman–Crippen LogP) is 2.81. The van der Waals surface area contributed by atoms with Crippen LogP contribution in [0, 0.1) is 0 Å². The molecule has 1 unspecified atom stereocenters. The molecule has 0 fully saturated rings. The quantitative estimate of drug-likeness (QED) is 0.871. The largest absolute Gasteiger partial charge is 0.481 e. The molecule has 0 bridgehead atoms. The molecule has 2 atom stereocenters. The molecule has 112 valence electrons. The average Bonchev–Trinajstić information content (AvgIpc) is 2.36. The van der Waals surface area contributed by atoms with Crippen LogP contribution in [-0.4, -0.2) is 22.7 Å². The Hall–Kier alpha value is -1.55. The van der Waals surface area contributed by atoms with E-state index in [1.807, 2.05) is 39.8 Å². The molecule has 0 aromatic heterocycles. The molecule has 0 spiro atoms. The van der Waals surface area contributed by atoms with E-state index in [-0.39, 0.29) is 11.4 Å². The number of aliphatic hydroxyl groups is 1. The average molecular weight is 279 g/mol. The van der Waals surface area contributed by atoms with Gasteiger partial charge in [0.2, 0.25) is 0 Å². The van der Waals surface area contributed by atoms with Crippen molar-refractivity contribution in [1.29, 1.82) is 0 Å². The highest BCUT2D eigenvalue weighted by atomic mass is 16.5. The summed E-state index contributed by atoms with van der Waals surface area (Å²) in [6.45, 7) is 9.43. The minimum absolute atomic E-state index is 0.143. The lowest BCUT2D eigenvalue weighted by molar-refractivity contribution is -0.128. The van der Waals surface area contributed by atoms with Gasteiger partial charge in [0.15, 0.2) is 6.10 Å². The summed E-state index contributed by atoms with van der Waals surface area (Å²) in [6, 6.07) is 7.18. The van der Waals surface area contributed by atoms with Gasteiger partial charge in [-0.05, 0) is 51.8 Å². The summed E-state index contributed by atoms with van der Waals surface area (Å²) in [5.74, 6) is 0.476. The molecule has 0 aliphatic heterocycles. The van der Waals surface area contributed by atoms with Gasteiger partial charge in [-0.3, -0.25) is 4.79 Å². The van der Waals surface area contributed by atoms with E-state index in [1.54, 1.807) is 19.1 Å². The Kier molecular flexibility index (Phi) is 5.57. The van der Waals surface area contributed by atoms with Crippen LogP contribution in [0.2, 0.25) is 0 Å². The van der Waals surface area contributed by atoms with Gasteiger partial charge in [0.25, 0.3) is 5.91 Å². The number of carbonyl (C=O) groups is 1. The van der Waals surface area contributed by atoms with Crippen molar-refractivity contribution in [2.24, 2.45) is 0 Å². The summed E-state index contributed by atoms with van der Waals surface area (Å²) in [5, 5.41) is 12.6. The van der Waals surface area contributed by atoms with Crippen molar-refractivity contribution in [3.8, 4) is 5.75 Å². The van der Waals surface area contributed by atoms with Gasteiger partial charge in [-0.1, -0.05) is 19.1 Å². The number of rotatable bonds is 5. The van der Waals surface area contributed by atoms with E-state index in [0.29, 0.717) is 12.2 Å². The minimum atomic E-state index is -0.559. The molecule has 1 amide bonds. The topological polar surface area (TPSA) is 58.6 Å². The first kappa shape index (κ1) is 16.5. The summed E-state index contributed by atoms with van der Waals surface area (Å²) in [4.78, 5) is 11.9. The molecular weight excluding hydrogens is 254 g/mol. The van der Waals surface area contributed by atoms with Gasteiger partial charge in [0.1, 0.15) is 5.75 Å². The molecule has 4 heteroatoms. The van der Waals surface area contributed by atoms with E-state index < -0.39 is 12.2 Å². The number of nitrogens with one attached hydrogen (secondary N) is 1. The van der Waals surface area contributed by atoms with Gasteiger partial charge in [0, 0.05) is 5.54 Å². The Labute approximate surface area is 121 Å². The van der Waals surface area contributed by atoms with Crippen LogP contribution in [0.5, 0.6) is 5.75 Å². The number of hydrogen-bond donors (Lipinski definition) is 2. The van der Waals surface area contributed by atoms with E-state index in [1.165, 1.54) is 0 Å². The first-order valence-electron chi connectivity index (χ1n) is 6.99. The third kappa shape index (κ3) is 5.21. The maximum Gasteiger partial charge on any atom is 0.261 e. The van der Waals surface area contributed by atoms with Crippen LogP contribution in [0.3, 0.4) is 0 Å². The zero-order valence-corrected chi connectivity index (χ0v) is 12.9. The van der Waals surface area contributed by atoms with Gasteiger partial charge in [0.05, 0.1) is 6.10 Å². The molecule has 0 saturated heterocycles. The van der Waals surface area contributed by atoms with E-state index >= 15 is 0 Å². The first-order chi connectivity index (χ1) is 9.23. The zero-order valence-electron chi connectivity index (χ0n) is 12.9. The SMILES string of the molecule is CC[C@@H](O)c1ccc(OC(C)C(=O)NC(C)(C)C)cc1. The monoisotopic (exact) mass is 279 g/mol. The fraction of sp³-hybridized carbons (Fsp3) is 0.562. The number of carbonyl (C=O) groups excluding carboxylic acids is 1. The van der Waals surface area contributed by atoms with Crippen molar-refractivity contribution >= 4 is 5.91 Å². The van der Waals surface area contributed by atoms with Gasteiger partial charge < -0.3 is 15.2 Å². The third-order valence-corrected chi connectivity index (χ3v) is 2.83. The number of aliphatic hydroxyl groups excluding tert-OH is 1. The summed E-state index contributed by atoms with van der Waals surface area (Å²) in [7, 11) is 0. The lowest BCUT2D eigenvalue weighted by Crippen LogP contribution is -2.46. The second-order valence-electron chi connectivity index (χ2n) is 5.99. The summed E-state index contributed by atoms with van der Waals surface area (Å²) >= 11 is 0. The van der Waals surface area contributed by atoms with E-state index in [9.17, 15) is 9.90 Å². The Morgan fingerprint density at radius 1 is 1.30 bits per heavy atom. The molecule has 1 rings (SSSR count). The summed E-state index contributed by atoms with van der Waals surface area (Å²) < 4.78 is 5.60. The molecule has 2 N–H and O–H groups in total. The Bertz CT molecular complexity index is 434. The van der Waals surface area contributed by atoms with Crippen LogP contribution >= 0.6 is 0 Å². The Balaban J connectivity index is 2.62. The van der Waals surface area contributed by atoms with Crippen molar-refractivity contribution in [2.45, 2.75) is 58.8 Å². The number of hydrogen-bond acceptors (Lipinski definition) is 3. The van der Waals surface area contributed by atoms with E-state index in [2.05, 4.69) is 5.32 Å². The molecule has 1 aromatic carbocycles. The highest BCUT2D eigenvalue weighted by Crippen LogP contribution is 2.20. The lowest BCUT2D eigenvalue weighted by Gasteiger charge is -2.23. The number of ether oxygens (including phenoxy) is 1. The molecule has 0 aliphatic rings. The number of amides is 1. The molecular formula is C16H25NO3. The third-order valence-electron chi connectivity index (χ3n) is 2.83. The van der Waals surface area contributed by atoms with E-state index in [0.717, 1.165) is 5.56 Å². The van der Waals surface area contributed by atoms with Crippen LogP contribution in [-0.2, 0) is 4.79 Å². The van der Waals surface area contributed by atoms with Crippen LogP contribution in [0.15, 0.2) is 24.3 Å². The summed E-state index contributed by atoms with van der Waals surface area (Å²) in [6.07, 6.45) is -0.341. The zero-order chi connectivity index (χ0) is 15.3. The van der Waals surface area contributed by atoms with Crippen molar-refractivity contribution < 1.29 is 14.6 Å². The minimum Gasteiger partial charge on any atom is -0.481 e. The lowest BCUT2D eigenvalue weighted by atomic mass is 10.1. The van der Waals surface area contributed by atoms with Crippen molar-refractivity contribution in [2.75, 3.05) is 0 Å². The molecule has 1 aromatic rings. The van der Waals surface area contributed by atoms with Crippen LogP contribution in [0.25, 0.3) is 0 Å². The van der Waals surface area contributed by atoms with Crippen LogP contribution in [0.4, 0.5) is 0 Å². The molecule has 0 aliphatic carbocycles. The van der Waals surface area contributed by atoms with Gasteiger partial charge in [-0.25, -0.2) is 0 Å². The van der Waals surface area contributed by atoms with Gasteiger partial charge >= 0.3 is 0 Å². The second kappa shape index (κ2) is 6.75. The van der Waals surface area contributed by atoms with Crippen LogP contribution < -0.4 is 10.1 Å². The predicted molar refractivity (Wildman–Crippen MR) is 79.7 cm³/mol. The smallest absolute Gasteiger partial charge is 0.261 e. The summed E-state index contributed by atoms with van der Waals surface area (Å²) in [5.41, 5.74) is 0.579. The molecule has 4 nitrogen and oxygen atoms in total. The second-order valence-corrected chi connectivity index (χ2v) is 5.99. The Morgan fingerprint density at radius 3 is 2.30 bits per heavy atom.